The summed E-state index contributed by atoms with van der Waals surface area (Å²) in [6.07, 6.45) is 1.71. The van der Waals surface area contributed by atoms with Gasteiger partial charge in [-0.2, -0.15) is 0 Å². The third kappa shape index (κ3) is 2.61. The maximum Gasteiger partial charge on any atom is 0.237 e. The standard InChI is InChI=1S/C13H17N3O2/c1-4-17-13-12(6-5-7-14-13)15-8-11-9(2)16-18-10(11)3/h5-7,15H,4,8H2,1-3H3. The van der Waals surface area contributed by atoms with Crippen molar-refractivity contribution < 1.29 is 9.26 Å². The van der Waals surface area contributed by atoms with E-state index in [0.717, 1.165) is 22.7 Å². The second kappa shape index (κ2) is 5.53. The number of nitrogens with zero attached hydrogens (tertiary/aromatic N) is 2. The minimum atomic E-state index is 0.594. The van der Waals surface area contributed by atoms with Crippen LogP contribution in [0.4, 0.5) is 5.69 Å². The van der Waals surface area contributed by atoms with Crippen LogP contribution >= 0.6 is 0 Å². The summed E-state index contributed by atoms with van der Waals surface area (Å²) in [5.41, 5.74) is 2.85. The number of hydrogen-bond donors (Lipinski definition) is 1. The number of rotatable bonds is 5. The van der Waals surface area contributed by atoms with Crippen LogP contribution < -0.4 is 10.1 Å². The van der Waals surface area contributed by atoms with Crippen molar-refractivity contribution in [2.75, 3.05) is 11.9 Å². The lowest BCUT2D eigenvalue weighted by molar-refractivity contribution is 0.328. The Morgan fingerprint density at radius 3 is 2.89 bits per heavy atom. The van der Waals surface area contributed by atoms with Gasteiger partial charge < -0.3 is 14.6 Å². The third-order valence-electron chi connectivity index (χ3n) is 2.69. The Kier molecular flexibility index (Phi) is 3.82. The van der Waals surface area contributed by atoms with Crippen molar-refractivity contribution in [2.45, 2.75) is 27.3 Å². The van der Waals surface area contributed by atoms with E-state index in [-0.39, 0.29) is 0 Å². The fourth-order valence-electron chi connectivity index (χ4n) is 1.71. The maximum atomic E-state index is 5.45. The van der Waals surface area contributed by atoms with E-state index in [9.17, 15) is 0 Å². The van der Waals surface area contributed by atoms with Crippen molar-refractivity contribution in [3.05, 3.63) is 35.3 Å². The van der Waals surface area contributed by atoms with E-state index < -0.39 is 0 Å². The summed E-state index contributed by atoms with van der Waals surface area (Å²) in [5.74, 6) is 1.45. The first-order valence-electron chi connectivity index (χ1n) is 5.95. The molecule has 0 saturated carbocycles. The molecule has 0 bridgehead atoms. The zero-order chi connectivity index (χ0) is 13.0. The van der Waals surface area contributed by atoms with Crippen LogP contribution in [0.3, 0.4) is 0 Å². The van der Waals surface area contributed by atoms with Crippen LogP contribution in [0, 0.1) is 13.8 Å². The lowest BCUT2D eigenvalue weighted by Gasteiger charge is -2.10. The van der Waals surface area contributed by atoms with E-state index in [1.165, 1.54) is 0 Å². The summed E-state index contributed by atoms with van der Waals surface area (Å²) in [6, 6.07) is 3.81. The number of nitrogens with one attached hydrogen (secondary N) is 1. The summed E-state index contributed by atoms with van der Waals surface area (Å²) in [7, 11) is 0. The largest absolute Gasteiger partial charge is 0.476 e. The molecule has 2 heterocycles. The van der Waals surface area contributed by atoms with Gasteiger partial charge in [-0.15, -0.1) is 0 Å². The number of pyridine rings is 1. The van der Waals surface area contributed by atoms with Crippen molar-refractivity contribution in [1.29, 1.82) is 0 Å². The zero-order valence-electron chi connectivity index (χ0n) is 10.9. The summed E-state index contributed by atoms with van der Waals surface area (Å²) in [5, 5.41) is 7.22. The van der Waals surface area contributed by atoms with E-state index in [1.54, 1.807) is 6.20 Å². The Balaban J connectivity index is 2.11. The average Bonchev–Trinajstić information content (AvgIpc) is 2.69. The molecule has 96 valence electrons. The molecule has 0 atom stereocenters. The normalized spacial score (nSPS) is 10.4. The lowest BCUT2D eigenvalue weighted by atomic mass is 10.2. The van der Waals surface area contributed by atoms with E-state index in [4.69, 9.17) is 9.26 Å². The summed E-state index contributed by atoms with van der Waals surface area (Å²) in [4.78, 5) is 4.19. The van der Waals surface area contributed by atoms with Gasteiger partial charge in [0.05, 0.1) is 18.0 Å². The van der Waals surface area contributed by atoms with Crippen LogP contribution in [0.2, 0.25) is 0 Å². The zero-order valence-corrected chi connectivity index (χ0v) is 10.9. The highest BCUT2D eigenvalue weighted by molar-refractivity contribution is 5.52. The quantitative estimate of drug-likeness (QED) is 0.880. The Hall–Kier alpha value is -2.04. The van der Waals surface area contributed by atoms with Crippen molar-refractivity contribution >= 4 is 5.69 Å². The molecule has 2 aromatic rings. The molecule has 0 aliphatic carbocycles. The lowest BCUT2D eigenvalue weighted by Crippen LogP contribution is -2.05. The Morgan fingerprint density at radius 2 is 2.22 bits per heavy atom. The van der Waals surface area contributed by atoms with Crippen LogP contribution in [0.25, 0.3) is 0 Å². The van der Waals surface area contributed by atoms with E-state index >= 15 is 0 Å². The van der Waals surface area contributed by atoms with Gasteiger partial charge in [0.15, 0.2) is 0 Å². The molecule has 18 heavy (non-hydrogen) atoms. The maximum absolute atomic E-state index is 5.45. The summed E-state index contributed by atoms with van der Waals surface area (Å²) < 4.78 is 10.6. The first-order valence-corrected chi connectivity index (χ1v) is 5.95. The number of ether oxygens (including phenoxy) is 1. The first-order chi connectivity index (χ1) is 8.72. The van der Waals surface area contributed by atoms with Gasteiger partial charge in [0, 0.05) is 18.3 Å². The van der Waals surface area contributed by atoms with Gasteiger partial charge >= 0.3 is 0 Å². The molecule has 0 spiro atoms. The van der Waals surface area contributed by atoms with Crippen LogP contribution in [0.1, 0.15) is 23.9 Å². The van der Waals surface area contributed by atoms with Gasteiger partial charge in [0.1, 0.15) is 5.76 Å². The van der Waals surface area contributed by atoms with Crippen molar-refractivity contribution in [2.24, 2.45) is 0 Å². The number of aryl methyl sites for hydroxylation is 2. The SMILES string of the molecule is CCOc1ncccc1NCc1c(C)noc1C. The molecule has 0 fully saturated rings. The van der Waals surface area contributed by atoms with Gasteiger partial charge in [0.2, 0.25) is 5.88 Å². The van der Waals surface area contributed by atoms with Gasteiger partial charge in [-0.25, -0.2) is 4.98 Å². The number of hydrogen-bond acceptors (Lipinski definition) is 5. The molecule has 5 nitrogen and oxygen atoms in total. The van der Waals surface area contributed by atoms with Crippen molar-refractivity contribution in [3.8, 4) is 5.88 Å². The summed E-state index contributed by atoms with van der Waals surface area (Å²) >= 11 is 0. The molecule has 0 radical (unpaired) electrons. The van der Waals surface area contributed by atoms with Gasteiger partial charge in [-0.05, 0) is 32.9 Å². The molecule has 5 heteroatoms. The molecular formula is C13H17N3O2. The molecule has 2 aromatic heterocycles. The predicted molar refractivity (Wildman–Crippen MR) is 68.7 cm³/mol. The number of aromatic nitrogens is 2. The molecule has 0 saturated heterocycles. The molecule has 0 aromatic carbocycles. The predicted octanol–water partition coefficient (Wildman–Crippen LogP) is 2.70. The van der Waals surface area contributed by atoms with E-state index in [0.29, 0.717) is 19.0 Å². The monoisotopic (exact) mass is 247 g/mol. The molecule has 2 rings (SSSR count). The Labute approximate surface area is 106 Å². The first kappa shape index (κ1) is 12.4. The van der Waals surface area contributed by atoms with Crippen molar-refractivity contribution in [1.82, 2.24) is 10.1 Å². The third-order valence-corrected chi connectivity index (χ3v) is 2.69. The van der Waals surface area contributed by atoms with Gasteiger partial charge in [0.25, 0.3) is 0 Å². The highest BCUT2D eigenvalue weighted by atomic mass is 16.5. The van der Waals surface area contributed by atoms with Crippen LogP contribution in [0.15, 0.2) is 22.9 Å². The van der Waals surface area contributed by atoms with Crippen molar-refractivity contribution in [3.63, 3.8) is 0 Å². The second-order valence-corrected chi connectivity index (χ2v) is 3.95. The molecule has 0 aliphatic heterocycles. The molecular weight excluding hydrogens is 230 g/mol. The molecule has 0 unspecified atom stereocenters. The topological polar surface area (TPSA) is 60.2 Å². The Morgan fingerprint density at radius 1 is 1.39 bits per heavy atom. The second-order valence-electron chi connectivity index (χ2n) is 3.95. The molecule has 1 N–H and O–H groups in total. The molecule has 0 aliphatic rings. The average molecular weight is 247 g/mol. The fraction of sp³-hybridized carbons (Fsp3) is 0.385. The smallest absolute Gasteiger partial charge is 0.237 e. The Bertz CT molecular complexity index is 503. The van der Waals surface area contributed by atoms with Crippen LogP contribution in [-0.2, 0) is 6.54 Å². The fourth-order valence-corrected chi connectivity index (χ4v) is 1.71. The minimum Gasteiger partial charge on any atom is -0.476 e. The van der Waals surface area contributed by atoms with Crippen LogP contribution in [0.5, 0.6) is 5.88 Å². The summed E-state index contributed by atoms with van der Waals surface area (Å²) in [6.45, 7) is 7.01. The minimum absolute atomic E-state index is 0.594. The van der Waals surface area contributed by atoms with Crippen LogP contribution in [-0.4, -0.2) is 16.7 Å². The highest BCUT2D eigenvalue weighted by Gasteiger charge is 2.10. The van der Waals surface area contributed by atoms with E-state index in [1.807, 2.05) is 32.9 Å². The molecule has 0 amide bonds. The van der Waals surface area contributed by atoms with Gasteiger partial charge in [-0.1, -0.05) is 5.16 Å². The number of anilines is 1. The van der Waals surface area contributed by atoms with Gasteiger partial charge in [-0.3, -0.25) is 0 Å². The van der Waals surface area contributed by atoms with E-state index in [2.05, 4.69) is 15.5 Å². The highest BCUT2D eigenvalue weighted by Crippen LogP contribution is 2.22.